The number of aliphatic hydroxyl groups is 1. The molecule has 3 N–H and O–H groups in total. The zero-order chi connectivity index (χ0) is 10.6. The van der Waals surface area contributed by atoms with Crippen LogP contribution in [0.5, 0.6) is 0 Å². The zero-order valence-corrected chi connectivity index (χ0v) is 8.50. The van der Waals surface area contributed by atoms with Gasteiger partial charge in [0.15, 0.2) is 0 Å². The predicted molar refractivity (Wildman–Crippen MR) is 53.2 cm³/mol. The van der Waals surface area contributed by atoms with E-state index >= 15 is 0 Å². The minimum Gasteiger partial charge on any atom is -0.396 e. The smallest absolute Gasteiger partial charge is 0.238 e. The van der Waals surface area contributed by atoms with Gasteiger partial charge in [0.1, 0.15) is 0 Å². The van der Waals surface area contributed by atoms with Crippen LogP contribution < -0.4 is 5.14 Å². The van der Waals surface area contributed by atoms with E-state index in [0.717, 1.165) is 0 Å². The van der Waals surface area contributed by atoms with Crippen LogP contribution in [0.2, 0.25) is 0 Å². The SMILES string of the molecule is NS(=O)(=O)c1ccccc1CCCO. The molecule has 0 atom stereocenters. The number of primary sulfonamides is 1. The minimum atomic E-state index is -3.65. The van der Waals surface area contributed by atoms with Crippen LogP contribution in [-0.2, 0) is 16.4 Å². The van der Waals surface area contributed by atoms with Gasteiger partial charge in [0.05, 0.1) is 4.90 Å². The van der Waals surface area contributed by atoms with Crippen molar-refractivity contribution in [3.8, 4) is 0 Å². The van der Waals surface area contributed by atoms with Crippen molar-refractivity contribution in [3.05, 3.63) is 29.8 Å². The lowest BCUT2D eigenvalue weighted by Crippen LogP contribution is -2.14. The molecule has 0 bridgehead atoms. The van der Waals surface area contributed by atoms with Crippen LogP contribution in [0.4, 0.5) is 0 Å². The van der Waals surface area contributed by atoms with Crippen molar-refractivity contribution in [1.29, 1.82) is 0 Å². The molecule has 14 heavy (non-hydrogen) atoms. The summed E-state index contributed by atoms with van der Waals surface area (Å²) in [7, 11) is -3.65. The monoisotopic (exact) mass is 215 g/mol. The number of hydrogen-bond donors (Lipinski definition) is 2. The molecule has 0 spiro atoms. The lowest BCUT2D eigenvalue weighted by atomic mass is 10.1. The van der Waals surface area contributed by atoms with E-state index in [2.05, 4.69) is 0 Å². The van der Waals surface area contributed by atoms with E-state index in [4.69, 9.17) is 10.2 Å². The highest BCUT2D eigenvalue weighted by Gasteiger charge is 2.11. The Hall–Kier alpha value is -0.910. The molecule has 78 valence electrons. The van der Waals surface area contributed by atoms with Gasteiger partial charge in [-0.05, 0) is 24.5 Å². The molecule has 0 heterocycles. The molecule has 0 fully saturated rings. The number of benzene rings is 1. The zero-order valence-electron chi connectivity index (χ0n) is 7.68. The van der Waals surface area contributed by atoms with Crippen molar-refractivity contribution >= 4 is 10.0 Å². The van der Waals surface area contributed by atoms with Crippen LogP contribution in [0.25, 0.3) is 0 Å². The van der Waals surface area contributed by atoms with Gasteiger partial charge in [-0.25, -0.2) is 13.6 Å². The maximum Gasteiger partial charge on any atom is 0.238 e. The third-order valence-electron chi connectivity index (χ3n) is 1.88. The highest BCUT2D eigenvalue weighted by Crippen LogP contribution is 2.14. The first-order valence-corrected chi connectivity index (χ1v) is 5.82. The van der Waals surface area contributed by atoms with Crippen molar-refractivity contribution in [2.24, 2.45) is 5.14 Å². The standard InChI is InChI=1S/C9H13NO3S/c10-14(12,13)9-6-2-1-4-8(9)5-3-7-11/h1-2,4,6,11H,3,5,7H2,(H2,10,12,13). The molecule has 1 aromatic rings. The van der Waals surface area contributed by atoms with E-state index in [1.54, 1.807) is 18.2 Å². The Bertz CT molecular complexity index is 400. The average molecular weight is 215 g/mol. The van der Waals surface area contributed by atoms with Crippen LogP contribution in [0.1, 0.15) is 12.0 Å². The molecule has 0 saturated carbocycles. The van der Waals surface area contributed by atoms with Gasteiger partial charge < -0.3 is 5.11 Å². The second-order valence-corrected chi connectivity index (χ2v) is 4.51. The Morgan fingerprint density at radius 2 is 1.93 bits per heavy atom. The fourth-order valence-electron chi connectivity index (χ4n) is 1.26. The summed E-state index contributed by atoms with van der Waals surface area (Å²) >= 11 is 0. The summed E-state index contributed by atoms with van der Waals surface area (Å²) < 4.78 is 22.3. The van der Waals surface area contributed by atoms with Gasteiger partial charge in [0.2, 0.25) is 10.0 Å². The first kappa shape index (κ1) is 11.2. The lowest BCUT2D eigenvalue weighted by Gasteiger charge is -2.05. The second-order valence-electron chi connectivity index (χ2n) is 2.98. The van der Waals surface area contributed by atoms with Gasteiger partial charge >= 0.3 is 0 Å². The average Bonchev–Trinajstić information content (AvgIpc) is 2.14. The molecule has 0 radical (unpaired) electrons. The van der Waals surface area contributed by atoms with Crippen molar-refractivity contribution < 1.29 is 13.5 Å². The fraction of sp³-hybridized carbons (Fsp3) is 0.333. The van der Waals surface area contributed by atoms with Crippen molar-refractivity contribution in [2.45, 2.75) is 17.7 Å². The van der Waals surface area contributed by atoms with E-state index in [9.17, 15) is 8.42 Å². The summed E-state index contributed by atoms with van der Waals surface area (Å²) in [4.78, 5) is 0.147. The number of hydrogen-bond acceptors (Lipinski definition) is 3. The van der Waals surface area contributed by atoms with E-state index < -0.39 is 10.0 Å². The molecule has 0 aliphatic heterocycles. The molecule has 0 saturated heterocycles. The predicted octanol–water partition coefficient (Wildman–Crippen LogP) is 0.259. The number of aryl methyl sites for hydroxylation is 1. The minimum absolute atomic E-state index is 0.0406. The molecular weight excluding hydrogens is 202 g/mol. The van der Waals surface area contributed by atoms with E-state index in [1.165, 1.54) is 6.07 Å². The normalized spacial score (nSPS) is 11.6. The van der Waals surface area contributed by atoms with Crippen LogP contribution >= 0.6 is 0 Å². The second kappa shape index (κ2) is 4.54. The maximum atomic E-state index is 11.1. The van der Waals surface area contributed by atoms with E-state index in [-0.39, 0.29) is 11.5 Å². The van der Waals surface area contributed by atoms with Crippen LogP contribution in [-0.4, -0.2) is 20.1 Å². The molecule has 0 aromatic heterocycles. The first-order valence-electron chi connectivity index (χ1n) is 4.27. The summed E-state index contributed by atoms with van der Waals surface area (Å²) in [6.07, 6.45) is 1.05. The van der Waals surface area contributed by atoms with Gasteiger partial charge in [-0.2, -0.15) is 0 Å². The largest absolute Gasteiger partial charge is 0.396 e. The fourth-order valence-corrected chi connectivity index (χ4v) is 2.06. The van der Waals surface area contributed by atoms with Crippen LogP contribution in [0.3, 0.4) is 0 Å². The molecular formula is C9H13NO3S. The molecule has 1 rings (SSSR count). The Labute approximate surface area is 83.4 Å². The molecule has 0 aliphatic rings. The maximum absolute atomic E-state index is 11.1. The molecule has 0 aliphatic carbocycles. The molecule has 4 nitrogen and oxygen atoms in total. The number of aliphatic hydroxyl groups excluding tert-OH is 1. The van der Waals surface area contributed by atoms with Crippen LogP contribution in [0.15, 0.2) is 29.2 Å². The Kier molecular flexibility index (Phi) is 3.62. The highest BCUT2D eigenvalue weighted by molar-refractivity contribution is 7.89. The number of rotatable bonds is 4. The Morgan fingerprint density at radius 1 is 1.29 bits per heavy atom. The van der Waals surface area contributed by atoms with Crippen molar-refractivity contribution in [2.75, 3.05) is 6.61 Å². The van der Waals surface area contributed by atoms with Gasteiger partial charge in [0, 0.05) is 6.61 Å². The topological polar surface area (TPSA) is 80.4 Å². The summed E-state index contributed by atoms with van der Waals surface area (Å²) in [6, 6.07) is 6.56. The summed E-state index contributed by atoms with van der Waals surface area (Å²) in [5, 5.41) is 13.7. The molecule has 1 aromatic carbocycles. The van der Waals surface area contributed by atoms with Crippen molar-refractivity contribution in [1.82, 2.24) is 0 Å². The highest BCUT2D eigenvalue weighted by atomic mass is 32.2. The number of nitrogens with two attached hydrogens (primary N) is 1. The van der Waals surface area contributed by atoms with Gasteiger partial charge in [0.25, 0.3) is 0 Å². The van der Waals surface area contributed by atoms with E-state index in [1.807, 2.05) is 0 Å². The Balaban J connectivity index is 3.04. The summed E-state index contributed by atoms with van der Waals surface area (Å²) in [5.41, 5.74) is 0.657. The van der Waals surface area contributed by atoms with E-state index in [0.29, 0.717) is 18.4 Å². The third kappa shape index (κ3) is 2.80. The van der Waals surface area contributed by atoms with Crippen molar-refractivity contribution in [3.63, 3.8) is 0 Å². The molecule has 0 amide bonds. The van der Waals surface area contributed by atoms with Gasteiger partial charge in [-0.3, -0.25) is 0 Å². The molecule has 5 heteroatoms. The van der Waals surface area contributed by atoms with Gasteiger partial charge in [-0.15, -0.1) is 0 Å². The summed E-state index contributed by atoms with van der Waals surface area (Å²) in [6.45, 7) is 0.0406. The summed E-state index contributed by atoms with van der Waals surface area (Å²) in [5.74, 6) is 0. The lowest BCUT2D eigenvalue weighted by molar-refractivity contribution is 0.288. The molecule has 0 unspecified atom stereocenters. The quantitative estimate of drug-likeness (QED) is 0.756. The van der Waals surface area contributed by atoms with Gasteiger partial charge in [-0.1, -0.05) is 18.2 Å². The first-order chi connectivity index (χ1) is 6.55. The Morgan fingerprint density at radius 3 is 2.50 bits per heavy atom. The number of sulfonamides is 1. The third-order valence-corrected chi connectivity index (χ3v) is 2.89. The van der Waals surface area contributed by atoms with Crippen LogP contribution in [0, 0.1) is 0 Å².